The minimum absolute atomic E-state index is 0.246. The van der Waals surface area contributed by atoms with Gasteiger partial charge in [0, 0.05) is 12.6 Å². The predicted octanol–water partition coefficient (Wildman–Crippen LogP) is 1.78. The molecule has 20 heavy (non-hydrogen) atoms. The molecule has 102 valence electrons. The van der Waals surface area contributed by atoms with Gasteiger partial charge in [0.1, 0.15) is 5.69 Å². The van der Waals surface area contributed by atoms with Crippen molar-refractivity contribution in [2.45, 2.75) is 25.5 Å². The summed E-state index contributed by atoms with van der Waals surface area (Å²) in [5.41, 5.74) is 3.31. The highest BCUT2D eigenvalue weighted by Gasteiger charge is 2.32. The van der Waals surface area contributed by atoms with Gasteiger partial charge in [-0.2, -0.15) is 0 Å². The van der Waals surface area contributed by atoms with Crippen molar-refractivity contribution in [2.24, 2.45) is 0 Å². The molecule has 3 rings (SSSR count). The summed E-state index contributed by atoms with van der Waals surface area (Å²) >= 11 is 0. The highest BCUT2D eigenvalue weighted by Crippen LogP contribution is 2.31. The van der Waals surface area contributed by atoms with Crippen LogP contribution in [0.5, 0.6) is 0 Å². The van der Waals surface area contributed by atoms with Gasteiger partial charge in [-0.05, 0) is 29.7 Å². The van der Waals surface area contributed by atoms with E-state index in [-0.39, 0.29) is 11.9 Å². The Morgan fingerprint density at radius 1 is 1.30 bits per heavy atom. The lowest BCUT2D eigenvalue weighted by atomic mass is 10.1. The number of aromatic nitrogens is 1. The standard InChI is InChI=1S/C16H16N2O2/c1-10-5-4-8-17-14(10)16(20)18-15-12-7-3-2-6-11(12)9-13(15)19/h2-8,13,15,19H,9H2,1H3,(H,18,20)/t13-,15+/m0/s1. The van der Waals surface area contributed by atoms with Crippen molar-refractivity contribution >= 4 is 5.91 Å². The number of hydrogen-bond donors (Lipinski definition) is 2. The fourth-order valence-corrected chi connectivity index (χ4v) is 2.68. The number of aliphatic hydroxyl groups excluding tert-OH is 1. The molecule has 1 amide bonds. The Bertz CT molecular complexity index is 654. The fraction of sp³-hybridized carbons (Fsp3) is 0.250. The van der Waals surface area contributed by atoms with Gasteiger partial charge in [-0.3, -0.25) is 9.78 Å². The SMILES string of the molecule is Cc1cccnc1C(=O)N[C@@H]1c2ccccc2C[C@@H]1O. The van der Waals surface area contributed by atoms with Crippen molar-refractivity contribution in [3.63, 3.8) is 0 Å². The number of benzene rings is 1. The molecule has 2 aromatic rings. The number of nitrogens with one attached hydrogen (secondary N) is 1. The lowest BCUT2D eigenvalue weighted by Crippen LogP contribution is -2.34. The molecule has 1 aliphatic carbocycles. The highest BCUT2D eigenvalue weighted by atomic mass is 16.3. The van der Waals surface area contributed by atoms with E-state index in [1.165, 1.54) is 0 Å². The van der Waals surface area contributed by atoms with Crippen LogP contribution in [0, 0.1) is 6.92 Å². The van der Waals surface area contributed by atoms with Crippen molar-refractivity contribution < 1.29 is 9.90 Å². The number of amides is 1. The number of rotatable bonds is 2. The molecule has 2 N–H and O–H groups in total. The molecule has 0 saturated heterocycles. The first kappa shape index (κ1) is 12.8. The molecular weight excluding hydrogens is 252 g/mol. The molecule has 0 radical (unpaired) electrons. The van der Waals surface area contributed by atoms with E-state index in [0.717, 1.165) is 16.7 Å². The van der Waals surface area contributed by atoms with Gasteiger partial charge in [0.25, 0.3) is 5.91 Å². The molecule has 0 saturated carbocycles. The second kappa shape index (κ2) is 5.06. The molecule has 4 heteroatoms. The largest absolute Gasteiger partial charge is 0.390 e. The van der Waals surface area contributed by atoms with Crippen molar-refractivity contribution in [2.75, 3.05) is 0 Å². The van der Waals surface area contributed by atoms with E-state index in [1.54, 1.807) is 12.3 Å². The van der Waals surface area contributed by atoms with E-state index >= 15 is 0 Å². The number of carbonyl (C=O) groups excluding carboxylic acids is 1. The molecule has 1 aliphatic rings. The number of hydrogen-bond acceptors (Lipinski definition) is 3. The Morgan fingerprint density at radius 2 is 2.10 bits per heavy atom. The van der Waals surface area contributed by atoms with Crippen molar-refractivity contribution in [3.05, 3.63) is 65.0 Å². The van der Waals surface area contributed by atoms with Crippen molar-refractivity contribution in [3.8, 4) is 0 Å². The van der Waals surface area contributed by atoms with Crippen molar-refractivity contribution in [1.82, 2.24) is 10.3 Å². The molecule has 0 bridgehead atoms. The summed E-state index contributed by atoms with van der Waals surface area (Å²) in [6, 6.07) is 11.1. The van der Waals surface area contributed by atoms with Crippen LogP contribution in [-0.4, -0.2) is 22.1 Å². The molecular formula is C16H16N2O2. The minimum atomic E-state index is -0.583. The summed E-state index contributed by atoms with van der Waals surface area (Å²) in [7, 11) is 0. The number of aryl methyl sites for hydroxylation is 1. The fourth-order valence-electron chi connectivity index (χ4n) is 2.68. The van der Waals surface area contributed by atoms with Gasteiger partial charge in [0.15, 0.2) is 0 Å². The summed E-state index contributed by atoms with van der Waals surface area (Å²) in [6.45, 7) is 1.85. The van der Waals surface area contributed by atoms with Crippen LogP contribution in [0.25, 0.3) is 0 Å². The topological polar surface area (TPSA) is 62.2 Å². The van der Waals surface area contributed by atoms with E-state index in [0.29, 0.717) is 12.1 Å². The third kappa shape index (κ3) is 2.18. The molecule has 4 nitrogen and oxygen atoms in total. The molecule has 0 fully saturated rings. The van der Waals surface area contributed by atoms with Gasteiger partial charge < -0.3 is 10.4 Å². The van der Waals surface area contributed by atoms with Crippen LogP contribution >= 0.6 is 0 Å². The molecule has 1 aromatic heterocycles. The van der Waals surface area contributed by atoms with Crippen LogP contribution in [0.15, 0.2) is 42.6 Å². The number of nitrogens with zero attached hydrogens (tertiary/aromatic N) is 1. The van der Waals surface area contributed by atoms with Crippen LogP contribution < -0.4 is 5.32 Å². The molecule has 2 atom stereocenters. The third-order valence-electron chi connectivity index (χ3n) is 3.72. The van der Waals surface area contributed by atoms with Crippen molar-refractivity contribution in [1.29, 1.82) is 0 Å². The average molecular weight is 268 g/mol. The lowest BCUT2D eigenvalue weighted by Gasteiger charge is -2.18. The van der Waals surface area contributed by atoms with E-state index in [9.17, 15) is 9.90 Å². The zero-order chi connectivity index (χ0) is 14.1. The maximum Gasteiger partial charge on any atom is 0.270 e. The number of pyridine rings is 1. The Kier molecular flexibility index (Phi) is 3.24. The quantitative estimate of drug-likeness (QED) is 0.872. The summed E-state index contributed by atoms with van der Waals surface area (Å²) in [4.78, 5) is 16.4. The predicted molar refractivity (Wildman–Crippen MR) is 75.3 cm³/mol. The second-order valence-electron chi connectivity index (χ2n) is 5.09. The minimum Gasteiger partial charge on any atom is -0.390 e. The Balaban J connectivity index is 1.85. The monoisotopic (exact) mass is 268 g/mol. The molecule has 0 unspecified atom stereocenters. The number of aliphatic hydroxyl groups is 1. The van der Waals surface area contributed by atoms with E-state index in [4.69, 9.17) is 0 Å². The van der Waals surface area contributed by atoms with E-state index < -0.39 is 6.10 Å². The van der Waals surface area contributed by atoms with Crippen LogP contribution in [0.1, 0.15) is 33.2 Å². The Hall–Kier alpha value is -2.20. The van der Waals surface area contributed by atoms with Gasteiger partial charge in [-0.15, -0.1) is 0 Å². The van der Waals surface area contributed by atoms with Crippen LogP contribution in [0.4, 0.5) is 0 Å². The zero-order valence-corrected chi connectivity index (χ0v) is 11.2. The maximum atomic E-state index is 12.3. The summed E-state index contributed by atoms with van der Waals surface area (Å²) in [6.07, 6.45) is 1.59. The summed E-state index contributed by atoms with van der Waals surface area (Å²) in [5.74, 6) is -0.246. The first-order valence-corrected chi connectivity index (χ1v) is 6.65. The molecule has 1 aromatic carbocycles. The van der Waals surface area contributed by atoms with Crippen LogP contribution in [-0.2, 0) is 6.42 Å². The third-order valence-corrected chi connectivity index (χ3v) is 3.72. The van der Waals surface area contributed by atoms with Crippen LogP contribution in [0.2, 0.25) is 0 Å². The Morgan fingerprint density at radius 3 is 2.90 bits per heavy atom. The number of fused-ring (bicyclic) bond motifs is 1. The normalized spacial score (nSPS) is 20.5. The van der Waals surface area contributed by atoms with Gasteiger partial charge >= 0.3 is 0 Å². The Labute approximate surface area is 117 Å². The first-order valence-electron chi connectivity index (χ1n) is 6.65. The van der Waals surface area contributed by atoms with Gasteiger partial charge in [-0.1, -0.05) is 30.3 Å². The summed E-state index contributed by atoms with van der Waals surface area (Å²) in [5, 5.41) is 13.0. The summed E-state index contributed by atoms with van der Waals surface area (Å²) < 4.78 is 0. The lowest BCUT2D eigenvalue weighted by molar-refractivity contribution is 0.0852. The maximum absolute atomic E-state index is 12.3. The van der Waals surface area contributed by atoms with E-state index in [1.807, 2.05) is 37.3 Å². The molecule has 1 heterocycles. The van der Waals surface area contributed by atoms with Gasteiger partial charge in [0.2, 0.25) is 0 Å². The average Bonchev–Trinajstić information content (AvgIpc) is 2.76. The van der Waals surface area contributed by atoms with Crippen LogP contribution in [0.3, 0.4) is 0 Å². The van der Waals surface area contributed by atoms with Gasteiger partial charge in [0.05, 0.1) is 12.1 Å². The first-order chi connectivity index (χ1) is 9.66. The smallest absolute Gasteiger partial charge is 0.270 e. The van der Waals surface area contributed by atoms with E-state index in [2.05, 4.69) is 10.3 Å². The molecule has 0 spiro atoms. The molecule has 0 aliphatic heterocycles. The highest BCUT2D eigenvalue weighted by molar-refractivity contribution is 5.94. The zero-order valence-electron chi connectivity index (χ0n) is 11.2. The number of carbonyl (C=O) groups is 1. The van der Waals surface area contributed by atoms with Gasteiger partial charge in [-0.25, -0.2) is 0 Å². The second-order valence-corrected chi connectivity index (χ2v) is 5.09.